The third-order valence-corrected chi connectivity index (χ3v) is 5.30. The molecule has 1 amide bonds. The molecular formula is C14H22BrN3OS. The fourth-order valence-corrected chi connectivity index (χ4v) is 3.89. The van der Waals surface area contributed by atoms with Gasteiger partial charge in [-0.2, -0.15) is 0 Å². The van der Waals surface area contributed by atoms with Crippen molar-refractivity contribution in [3.8, 4) is 0 Å². The second-order valence-electron chi connectivity index (χ2n) is 5.14. The number of nitrogens with one attached hydrogen (secondary N) is 1. The van der Waals surface area contributed by atoms with Gasteiger partial charge in [0.05, 0.1) is 16.9 Å². The molecular weight excluding hydrogens is 338 g/mol. The van der Waals surface area contributed by atoms with Crippen molar-refractivity contribution >= 4 is 33.2 Å². The topological polar surface area (TPSA) is 35.6 Å². The van der Waals surface area contributed by atoms with Crippen LogP contribution in [0.15, 0.2) is 15.9 Å². The number of likely N-dealkylation sites (N-methyl/N-ethyl adjacent to an activating group) is 1. The Morgan fingerprint density at radius 3 is 3.00 bits per heavy atom. The number of rotatable bonds is 5. The Labute approximate surface area is 133 Å². The van der Waals surface area contributed by atoms with Crippen LogP contribution in [0.25, 0.3) is 0 Å². The molecule has 1 aliphatic heterocycles. The van der Waals surface area contributed by atoms with Gasteiger partial charge in [-0.15, -0.1) is 11.3 Å². The van der Waals surface area contributed by atoms with Gasteiger partial charge in [-0.25, -0.2) is 0 Å². The van der Waals surface area contributed by atoms with Crippen LogP contribution in [0.1, 0.15) is 18.7 Å². The van der Waals surface area contributed by atoms with E-state index in [1.54, 1.807) is 11.3 Å². The molecule has 0 bridgehead atoms. The maximum Gasteiger partial charge on any atom is 0.237 e. The molecule has 2 heterocycles. The number of carbonyl (C=O) groups is 1. The van der Waals surface area contributed by atoms with Gasteiger partial charge < -0.3 is 10.2 Å². The molecule has 4 nitrogen and oxygen atoms in total. The van der Waals surface area contributed by atoms with Gasteiger partial charge in [0.15, 0.2) is 0 Å². The van der Waals surface area contributed by atoms with Crippen LogP contribution in [0, 0.1) is 0 Å². The average molecular weight is 360 g/mol. The first kappa shape index (κ1) is 15.9. The quantitative estimate of drug-likeness (QED) is 0.874. The summed E-state index contributed by atoms with van der Waals surface area (Å²) >= 11 is 5.16. The first-order chi connectivity index (χ1) is 9.60. The summed E-state index contributed by atoms with van der Waals surface area (Å²) < 4.78 is 1.12. The van der Waals surface area contributed by atoms with Crippen molar-refractivity contribution in [1.29, 1.82) is 0 Å². The van der Waals surface area contributed by atoms with Crippen molar-refractivity contribution in [3.05, 3.63) is 20.8 Å². The van der Waals surface area contributed by atoms with Crippen molar-refractivity contribution in [3.63, 3.8) is 0 Å². The molecule has 2 rings (SSSR count). The lowest BCUT2D eigenvalue weighted by Gasteiger charge is -2.34. The van der Waals surface area contributed by atoms with Gasteiger partial charge in [0.1, 0.15) is 0 Å². The van der Waals surface area contributed by atoms with Crippen LogP contribution in [0.2, 0.25) is 0 Å². The van der Waals surface area contributed by atoms with Gasteiger partial charge in [0, 0.05) is 37.1 Å². The predicted octanol–water partition coefficient (Wildman–Crippen LogP) is 2.15. The molecule has 20 heavy (non-hydrogen) atoms. The summed E-state index contributed by atoms with van der Waals surface area (Å²) in [6.07, 6.45) is 0. The van der Waals surface area contributed by atoms with Crippen molar-refractivity contribution in [2.45, 2.75) is 26.4 Å². The first-order valence-corrected chi connectivity index (χ1v) is 8.68. The average Bonchev–Trinajstić information content (AvgIpc) is 2.84. The Balaban J connectivity index is 1.91. The van der Waals surface area contributed by atoms with Gasteiger partial charge in [-0.1, -0.05) is 0 Å². The molecule has 1 atom stereocenters. The molecule has 1 aliphatic rings. The second-order valence-corrected chi connectivity index (χ2v) is 7.68. The number of carbonyl (C=O) groups excluding carboxylic acids is 1. The fraction of sp³-hybridized carbons (Fsp3) is 0.643. The monoisotopic (exact) mass is 359 g/mol. The van der Waals surface area contributed by atoms with Crippen molar-refractivity contribution in [1.82, 2.24) is 15.1 Å². The van der Waals surface area contributed by atoms with Crippen LogP contribution in [-0.2, 0) is 11.3 Å². The van der Waals surface area contributed by atoms with E-state index in [1.807, 2.05) is 17.9 Å². The summed E-state index contributed by atoms with van der Waals surface area (Å²) in [6, 6.07) is 4.55. The number of amides is 1. The largest absolute Gasteiger partial charge is 0.337 e. The molecule has 1 aromatic rings. The Morgan fingerprint density at radius 1 is 1.60 bits per heavy atom. The lowest BCUT2D eigenvalue weighted by atomic mass is 10.2. The molecule has 1 aromatic heterocycles. The Morgan fingerprint density at radius 2 is 2.40 bits per heavy atom. The summed E-state index contributed by atoms with van der Waals surface area (Å²) in [7, 11) is 0. The van der Waals surface area contributed by atoms with Gasteiger partial charge >= 0.3 is 0 Å². The molecule has 0 radical (unpaired) electrons. The highest BCUT2D eigenvalue weighted by atomic mass is 79.9. The van der Waals surface area contributed by atoms with Crippen LogP contribution >= 0.6 is 27.3 Å². The Kier molecular flexibility index (Phi) is 6.01. The summed E-state index contributed by atoms with van der Waals surface area (Å²) in [5.74, 6) is 0.228. The minimum atomic E-state index is 0.228. The van der Waals surface area contributed by atoms with Crippen LogP contribution in [0.4, 0.5) is 0 Å². The summed E-state index contributed by atoms with van der Waals surface area (Å²) in [4.78, 5) is 17.9. The zero-order valence-electron chi connectivity index (χ0n) is 12.1. The highest BCUT2D eigenvalue weighted by Gasteiger charge is 2.22. The first-order valence-electron chi connectivity index (χ1n) is 7.07. The lowest BCUT2D eigenvalue weighted by Crippen LogP contribution is -2.53. The number of nitrogens with zero attached hydrogens (tertiary/aromatic N) is 2. The molecule has 1 N–H and O–H groups in total. The molecule has 0 unspecified atom stereocenters. The predicted molar refractivity (Wildman–Crippen MR) is 87.0 cm³/mol. The van der Waals surface area contributed by atoms with Crippen molar-refractivity contribution in [2.75, 3.05) is 32.7 Å². The number of hydrogen-bond acceptors (Lipinski definition) is 4. The van der Waals surface area contributed by atoms with Crippen molar-refractivity contribution < 1.29 is 4.79 Å². The number of thiophene rings is 1. The SMILES string of the molecule is CCN(Cc1ccc(Br)s1)C(=O)CN1CCNC[C@@H]1C. The fourth-order valence-electron chi connectivity index (χ4n) is 2.39. The van der Waals surface area contributed by atoms with Gasteiger partial charge in [-0.3, -0.25) is 9.69 Å². The number of piperazine rings is 1. The molecule has 0 saturated carbocycles. The third kappa shape index (κ3) is 4.28. The Bertz CT molecular complexity index is 451. The van der Waals surface area contributed by atoms with E-state index in [0.717, 1.165) is 30.0 Å². The van der Waals surface area contributed by atoms with Crippen LogP contribution in [-0.4, -0.2) is 54.5 Å². The molecule has 112 valence electrons. The molecule has 1 saturated heterocycles. The lowest BCUT2D eigenvalue weighted by molar-refractivity contribution is -0.133. The van der Waals surface area contributed by atoms with Crippen LogP contribution < -0.4 is 5.32 Å². The van der Waals surface area contributed by atoms with Crippen LogP contribution in [0.5, 0.6) is 0 Å². The standard InChI is InChI=1S/C14H22BrN3OS/c1-3-17(9-12-4-5-13(15)20-12)14(19)10-18-7-6-16-8-11(18)2/h4-5,11,16H,3,6-10H2,1-2H3/t11-/m0/s1. The van der Waals surface area contributed by atoms with E-state index in [4.69, 9.17) is 0 Å². The zero-order valence-corrected chi connectivity index (χ0v) is 14.5. The van der Waals surface area contributed by atoms with Gasteiger partial charge in [0.2, 0.25) is 5.91 Å². The third-order valence-electron chi connectivity index (χ3n) is 3.69. The molecule has 0 spiro atoms. The zero-order chi connectivity index (χ0) is 14.5. The molecule has 0 aliphatic carbocycles. The van der Waals surface area contributed by atoms with E-state index in [2.05, 4.69) is 39.1 Å². The Hall–Kier alpha value is -0.430. The normalized spacial score (nSPS) is 20.1. The van der Waals surface area contributed by atoms with Gasteiger partial charge in [-0.05, 0) is 41.9 Å². The second kappa shape index (κ2) is 7.54. The molecule has 1 fully saturated rings. The molecule has 6 heteroatoms. The highest BCUT2D eigenvalue weighted by Crippen LogP contribution is 2.23. The van der Waals surface area contributed by atoms with E-state index >= 15 is 0 Å². The minimum Gasteiger partial charge on any atom is -0.337 e. The summed E-state index contributed by atoms with van der Waals surface area (Å²) in [5, 5.41) is 3.35. The van der Waals surface area contributed by atoms with Crippen molar-refractivity contribution in [2.24, 2.45) is 0 Å². The van der Waals surface area contributed by atoms with E-state index in [1.165, 1.54) is 4.88 Å². The number of halogens is 1. The van der Waals surface area contributed by atoms with Crippen LogP contribution in [0.3, 0.4) is 0 Å². The smallest absolute Gasteiger partial charge is 0.237 e. The minimum absolute atomic E-state index is 0.228. The van der Waals surface area contributed by atoms with E-state index < -0.39 is 0 Å². The molecule has 0 aromatic carbocycles. The van der Waals surface area contributed by atoms with E-state index in [0.29, 0.717) is 19.1 Å². The van der Waals surface area contributed by atoms with E-state index in [-0.39, 0.29) is 5.91 Å². The summed E-state index contributed by atoms with van der Waals surface area (Å²) in [6.45, 7) is 9.12. The number of hydrogen-bond donors (Lipinski definition) is 1. The van der Waals surface area contributed by atoms with E-state index in [9.17, 15) is 4.79 Å². The van der Waals surface area contributed by atoms with Gasteiger partial charge in [0.25, 0.3) is 0 Å². The summed E-state index contributed by atoms with van der Waals surface area (Å²) in [5.41, 5.74) is 0. The maximum absolute atomic E-state index is 12.5. The maximum atomic E-state index is 12.5. The highest BCUT2D eigenvalue weighted by molar-refractivity contribution is 9.11.